The molecule has 2 rings (SSSR count). The van der Waals surface area contributed by atoms with Crippen molar-refractivity contribution in [2.45, 2.75) is 0 Å². The van der Waals surface area contributed by atoms with Gasteiger partial charge in [-0.1, -0.05) is 0 Å². The average Bonchev–Trinajstić information content (AvgIpc) is 2.53. The van der Waals surface area contributed by atoms with Gasteiger partial charge in [-0.25, -0.2) is 0 Å². The molecule has 1 N–H and O–H groups in total. The number of fused-ring (bicyclic) bond motifs is 1. The van der Waals surface area contributed by atoms with Crippen LogP contribution in [0.1, 0.15) is 0 Å². The first-order valence-electron chi connectivity index (χ1n) is 3.19. The molecule has 59 valence electrons. The van der Waals surface area contributed by atoms with Gasteiger partial charge in [0.1, 0.15) is 12.5 Å². The second-order valence-electron chi connectivity index (χ2n) is 2.05. The zero-order valence-corrected chi connectivity index (χ0v) is 5.93. The van der Waals surface area contributed by atoms with Gasteiger partial charge in [0.15, 0.2) is 0 Å². The third-order valence-corrected chi connectivity index (χ3v) is 1.36. The molecule has 6 nitrogen and oxygen atoms in total. The van der Waals surface area contributed by atoms with Crippen LogP contribution >= 0.6 is 0 Å². The second-order valence-corrected chi connectivity index (χ2v) is 2.05. The predicted molar refractivity (Wildman–Crippen MR) is 39.3 cm³/mol. The van der Waals surface area contributed by atoms with Gasteiger partial charge in [0.2, 0.25) is 12.1 Å². The number of carbonyl (C=O) groups is 1. The lowest BCUT2D eigenvalue weighted by Crippen LogP contribution is -1.99. The lowest BCUT2D eigenvalue weighted by atomic mass is 10.4. The molecule has 2 aromatic heterocycles. The maximum absolute atomic E-state index is 10.1. The molecule has 0 spiro atoms. The minimum Gasteiger partial charge on any atom is -0.325 e. The predicted octanol–water partition coefficient (Wildman–Crippen LogP) is -0.507. The molecule has 0 aliphatic rings. The Kier molecular flexibility index (Phi) is 1.44. The third-order valence-electron chi connectivity index (χ3n) is 1.36. The van der Waals surface area contributed by atoms with Gasteiger partial charge in [-0.05, 0) is 6.07 Å². The Morgan fingerprint density at radius 2 is 2.58 bits per heavy atom. The Bertz CT molecular complexity index is 409. The molecule has 1 amide bonds. The van der Waals surface area contributed by atoms with Gasteiger partial charge >= 0.3 is 0 Å². The largest absolute Gasteiger partial charge is 0.325 e. The first-order chi connectivity index (χ1) is 5.92. The number of anilines is 1. The van der Waals surface area contributed by atoms with E-state index in [0.717, 1.165) is 0 Å². The van der Waals surface area contributed by atoms with Gasteiger partial charge in [0, 0.05) is 0 Å². The molecule has 2 heterocycles. The number of hydrogen-bond acceptors (Lipinski definition) is 4. The van der Waals surface area contributed by atoms with E-state index in [0.29, 0.717) is 17.7 Å². The van der Waals surface area contributed by atoms with Crippen LogP contribution < -0.4 is 5.32 Å². The summed E-state index contributed by atoms with van der Waals surface area (Å²) in [5.74, 6) is 0. The van der Waals surface area contributed by atoms with E-state index in [4.69, 9.17) is 0 Å². The van der Waals surface area contributed by atoms with Gasteiger partial charge in [0.05, 0.1) is 5.69 Å². The van der Waals surface area contributed by atoms with Crippen LogP contribution in [0, 0.1) is 6.20 Å². The van der Waals surface area contributed by atoms with Crippen molar-refractivity contribution in [1.82, 2.24) is 19.8 Å². The maximum atomic E-state index is 10.1. The smallest absolute Gasteiger partial charge is 0.211 e. The van der Waals surface area contributed by atoms with Crippen molar-refractivity contribution >= 4 is 17.7 Å². The minimum atomic E-state index is 0.501. The van der Waals surface area contributed by atoms with Gasteiger partial charge in [-0.3, -0.25) is 4.79 Å². The van der Waals surface area contributed by atoms with Crippen LogP contribution in [0.3, 0.4) is 0 Å². The van der Waals surface area contributed by atoms with Crippen molar-refractivity contribution in [3.63, 3.8) is 0 Å². The van der Waals surface area contributed by atoms with E-state index in [1.165, 1.54) is 16.9 Å². The van der Waals surface area contributed by atoms with Gasteiger partial charge in [-0.2, -0.15) is 9.61 Å². The summed E-state index contributed by atoms with van der Waals surface area (Å²) >= 11 is 0. The normalized spacial score (nSPS) is 10.0. The lowest BCUT2D eigenvalue weighted by Gasteiger charge is -1.96. The molecule has 0 saturated heterocycles. The van der Waals surface area contributed by atoms with E-state index < -0.39 is 0 Å². The van der Waals surface area contributed by atoms with Crippen molar-refractivity contribution in [3.8, 4) is 0 Å². The van der Waals surface area contributed by atoms with Crippen LogP contribution in [0.2, 0.25) is 0 Å². The topological polar surface area (TPSA) is 72.2 Å². The lowest BCUT2D eigenvalue weighted by molar-refractivity contribution is -0.105. The van der Waals surface area contributed by atoms with Crippen molar-refractivity contribution in [2.75, 3.05) is 5.32 Å². The molecular weight excluding hydrogens is 158 g/mol. The highest BCUT2D eigenvalue weighted by atomic mass is 16.1. The molecule has 0 fully saturated rings. The van der Waals surface area contributed by atoms with E-state index in [1.54, 1.807) is 0 Å². The summed E-state index contributed by atoms with van der Waals surface area (Å²) in [5.41, 5.74) is 1.04. The molecule has 0 saturated carbocycles. The van der Waals surface area contributed by atoms with Crippen molar-refractivity contribution in [2.24, 2.45) is 0 Å². The summed E-state index contributed by atoms with van der Waals surface area (Å²) in [5, 5.41) is 13.6. The summed E-state index contributed by atoms with van der Waals surface area (Å²) in [4.78, 5) is 10.1. The summed E-state index contributed by atoms with van der Waals surface area (Å²) in [6.07, 6.45) is 4.59. The van der Waals surface area contributed by atoms with Crippen LogP contribution in [-0.4, -0.2) is 26.2 Å². The molecule has 0 aliphatic carbocycles. The number of aromatic nitrogens is 4. The summed E-state index contributed by atoms with van der Waals surface area (Å²) in [6, 6.07) is 1.53. The van der Waals surface area contributed by atoms with E-state index in [2.05, 4.69) is 26.8 Å². The molecule has 6 heteroatoms. The summed E-state index contributed by atoms with van der Waals surface area (Å²) < 4.78 is 1.42. The Labute approximate surface area is 67.2 Å². The van der Waals surface area contributed by atoms with Crippen LogP contribution in [-0.2, 0) is 4.79 Å². The SMILES string of the molecule is O=CNc1c[c]nn2cnnc12. The number of carbonyl (C=O) groups excluding carboxylic acids is 1. The fourth-order valence-corrected chi connectivity index (χ4v) is 0.870. The maximum Gasteiger partial charge on any atom is 0.211 e. The Morgan fingerprint density at radius 3 is 3.42 bits per heavy atom. The molecule has 1 radical (unpaired) electrons. The van der Waals surface area contributed by atoms with Gasteiger partial charge in [-0.15, -0.1) is 10.2 Å². The van der Waals surface area contributed by atoms with E-state index in [-0.39, 0.29) is 0 Å². The fourth-order valence-electron chi connectivity index (χ4n) is 0.870. The van der Waals surface area contributed by atoms with Crippen molar-refractivity contribution in [3.05, 3.63) is 18.6 Å². The van der Waals surface area contributed by atoms with E-state index in [1.807, 2.05) is 0 Å². The van der Waals surface area contributed by atoms with Gasteiger partial charge in [0.25, 0.3) is 0 Å². The summed E-state index contributed by atoms with van der Waals surface area (Å²) in [6.45, 7) is 0. The third kappa shape index (κ3) is 0.895. The number of rotatable bonds is 2. The molecule has 12 heavy (non-hydrogen) atoms. The van der Waals surface area contributed by atoms with Crippen LogP contribution in [0.15, 0.2) is 12.4 Å². The molecule has 0 aliphatic heterocycles. The highest BCUT2D eigenvalue weighted by molar-refractivity contribution is 5.79. The zero-order valence-electron chi connectivity index (χ0n) is 5.93. The highest BCUT2D eigenvalue weighted by Crippen LogP contribution is 2.09. The number of nitrogens with one attached hydrogen (secondary N) is 1. The fraction of sp³-hybridized carbons (Fsp3) is 0. The molecule has 0 aromatic carbocycles. The van der Waals surface area contributed by atoms with Crippen LogP contribution in [0.25, 0.3) is 5.65 Å². The first kappa shape index (κ1) is 6.71. The zero-order chi connectivity index (χ0) is 8.39. The number of hydrogen-bond donors (Lipinski definition) is 1. The van der Waals surface area contributed by atoms with E-state index >= 15 is 0 Å². The quantitative estimate of drug-likeness (QED) is 0.604. The monoisotopic (exact) mass is 162 g/mol. The average molecular weight is 162 g/mol. The van der Waals surface area contributed by atoms with E-state index in [9.17, 15) is 4.79 Å². The molecule has 0 unspecified atom stereocenters. The van der Waals surface area contributed by atoms with Crippen molar-refractivity contribution < 1.29 is 4.79 Å². The van der Waals surface area contributed by atoms with Gasteiger partial charge < -0.3 is 5.32 Å². The highest BCUT2D eigenvalue weighted by Gasteiger charge is 2.01. The Balaban J connectivity index is 2.65. The first-order valence-corrected chi connectivity index (χ1v) is 3.19. The molecule has 0 atom stereocenters. The Hall–Kier alpha value is -1.98. The van der Waals surface area contributed by atoms with Crippen LogP contribution in [0.5, 0.6) is 0 Å². The molecule has 0 bridgehead atoms. The number of amides is 1. The van der Waals surface area contributed by atoms with Crippen molar-refractivity contribution in [1.29, 1.82) is 0 Å². The minimum absolute atomic E-state index is 0.501. The van der Waals surface area contributed by atoms with Crippen LogP contribution in [0.4, 0.5) is 5.69 Å². The second kappa shape index (κ2) is 2.57. The molecular formula is C6H4N5O. The summed E-state index contributed by atoms with van der Waals surface area (Å²) in [7, 11) is 0. The molecule has 2 aromatic rings. The Morgan fingerprint density at radius 1 is 1.67 bits per heavy atom. The number of nitrogens with zero attached hydrogens (tertiary/aromatic N) is 4. The standard InChI is InChI=1S/C6H4N5O/c12-4-7-5-1-2-9-11-3-8-10-6(5)11/h1,3-4H,(H,7,12).